The molecule has 10 heteroatoms. The molecule has 0 unspecified atom stereocenters. The maximum absolute atomic E-state index is 11.9. The number of hydrogen-bond acceptors (Lipinski definition) is 4. The van der Waals surface area contributed by atoms with Crippen LogP contribution in [-0.4, -0.2) is 36.4 Å². The van der Waals surface area contributed by atoms with Crippen molar-refractivity contribution in [2.75, 3.05) is 10.5 Å². The van der Waals surface area contributed by atoms with Crippen LogP contribution in [0.1, 0.15) is 23.3 Å². The van der Waals surface area contributed by atoms with E-state index in [1.165, 1.54) is 6.07 Å². The first-order valence-corrected chi connectivity index (χ1v) is 7.01. The third-order valence-corrected chi connectivity index (χ3v) is 3.51. The Hall–Kier alpha value is -1.84. The molecule has 1 aromatic rings. The van der Waals surface area contributed by atoms with Gasteiger partial charge in [-0.1, -0.05) is 0 Å². The molecular formula is C10H11F3N2O4S. The zero-order valence-electron chi connectivity index (χ0n) is 10.0. The molecule has 0 saturated carbocycles. The van der Waals surface area contributed by atoms with E-state index < -0.39 is 46.5 Å². The number of nitrogens with zero attached hydrogens (tertiary/aromatic N) is 1. The highest BCUT2D eigenvalue weighted by molar-refractivity contribution is 7.92. The molecule has 20 heavy (non-hydrogen) atoms. The van der Waals surface area contributed by atoms with Gasteiger partial charge in [-0.05, 0) is 18.6 Å². The summed E-state index contributed by atoms with van der Waals surface area (Å²) in [5.74, 6) is -2.21. The molecule has 0 aliphatic carbocycles. The third-order valence-electron chi connectivity index (χ3n) is 2.15. The number of carboxylic acid groups (broad SMARTS) is 1. The van der Waals surface area contributed by atoms with Gasteiger partial charge in [-0.2, -0.15) is 13.2 Å². The van der Waals surface area contributed by atoms with Crippen molar-refractivity contribution in [2.45, 2.75) is 19.0 Å². The molecule has 0 atom stereocenters. The SMILES string of the molecule is O=C(O)c1ncccc1NS(=O)(=O)CCCC(F)(F)F. The van der Waals surface area contributed by atoms with Gasteiger partial charge in [0.15, 0.2) is 5.69 Å². The number of carbonyl (C=O) groups is 1. The first-order chi connectivity index (χ1) is 9.11. The topological polar surface area (TPSA) is 96.4 Å². The van der Waals surface area contributed by atoms with Gasteiger partial charge in [-0.3, -0.25) is 4.72 Å². The Kier molecular flexibility index (Phi) is 4.93. The van der Waals surface area contributed by atoms with Gasteiger partial charge < -0.3 is 5.11 Å². The normalized spacial score (nSPS) is 12.2. The highest BCUT2D eigenvalue weighted by Crippen LogP contribution is 2.22. The fraction of sp³-hybridized carbons (Fsp3) is 0.400. The Balaban J connectivity index is 2.74. The first-order valence-electron chi connectivity index (χ1n) is 5.36. The smallest absolute Gasteiger partial charge is 0.389 e. The fourth-order valence-electron chi connectivity index (χ4n) is 1.34. The van der Waals surface area contributed by atoms with Crippen LogP contribution in [0.3, 0.4) is 0 Å². The molecule has 6 nitrogen and oxygen atoms in total. The number of carboxylic acids is 1. The minimum absolute atomic E-state index is 0.285. The quantitative estimate of drug-likeness (QED) is 0.836. The van der Waals surface area contributed by atoms with Crippen molar-refractivity contribution in [2.24, 2.45) is 0 Å². The summed E-state index contributed by atoms with van der Waals surface area (Å²) in [6, 6.07) is 2.47. The first kappa shape index (κ1) is 16.2. The summed E-state index contributed by atoms with van der Waals surface area (Å²) in [6.07, 6.45) is -5.12. The van der Waals surface area contributed by atoms with Crippen LogP contribution >= 0.6 is 0 Å². The third kappa shape index (κ3) is 5.43. The molecule has 0 saturated heterocycles. The predicted molar refractivity (Wildman–Crippen MR) is 63.9 cm³/mol. The van der Waals surface area contributed by atoms with Crippen LogP contribution in [0.15, 0.2) is 18.3 Å². The number of rotatable bonds is 6. The standard InChI is InChI=1S/C10H11F3N2O4S/c11-10(12,13)4-2-6-20(18,19)15-7-3-1-5-14-8(7)9(16)17/h1,3,5,15H,2,4,6H2,(H,16,17). The average Bonchev–Trinajstić information content (AvgIpc) is 2.26. The summed E-state index contributed by atoms with van der Waals surface area (Å²) in [5, 5.41) is 8.80. The summed E-state index contributed by atoms with van der Waals surface area (Å²) >= 11 is 0. The Morgan fingerprint density at radius 2 is 2.05 bits per heavy atom. The van der Waals surface area contributed by atoms with Crippen molar-refractivity contribution in [1.29, 1.82) is 0 Å². The van der Waals surface area contributed by atoms with Gasteiger partial charge in [0.2, 0.25) is 10.0 Å². The highest BCUT2D eigenvalue weighted by Gasteiger charge is 2.27. The Morgan fingerprint density at radius 3 is 2.60 bits per heavy atom. The summed E-state index contributed by atoms with van der Waals surface area (Å²) in [5.41, 5.74) is -0.807. The van der Waals surface area contributed by atoms with Gasteiger partial charge in [0.1, 0.15) is 0 Å². The van der Waals surface area contributed by atoms with E-state index in [2.05, 4.69) is 4.98 Å². The lowest BCUT2D eigenvalue weighted by atomic mass is 10.3. The molecular weight excluding hydrogens is 301 g/mol. The average molecular weight is 312 g/mol. The molecule has 2 N–H and O–H groups in total. The van der Waals surface area contributed by atoms with Crippen molar-refractivity contribution >= 4 is 21.7 Å². The molecule has 0 fully saturated rings. The van der Waals surface area contributed by atoms with E-state index >= 15 is 0 Å². The van der Waals surface area contributed by atoms with E-state index in [4.69, 9.17) is 5.11 Å². The van der Waals surface area contributed by atoms with E-state index in [1.807, 2.05) is 4.72 Å². The minimum atomic E-state index is -4.43. The van der Waals surface area contributed by atoms with E-state index in [9.17, 15) is 26.4 Å². The molecule has 1 heterocycles. The Labute approximate surface area is 112 Å². The molecule has 0 aromatic carbocycles. The van der Waals surface area contributed by atoms with Crippen LogP contribution in [0.25, 0.3) is 0 Å². The number of halogens is 3. The second-order valence-electron chi connectivity index (χ2n) is 3.84. The molecule has 0 amide bonds. The Morgan fingerprint density at radius 1 is 1.40 bits per heavy atom. The van der Waals surface area contributed by atoms with Gasteiger partial charge in [-0.25, -0.2) is 18.2 Å². The monoisotopic (exact) mass is 312 g/mol. The molecule has 112 valence electrons. The van der Waals surface area contributed by atoms with Gasteiger partial charge in [-0.15, -0.1) is 0 Å². The van der Waals surface area contributed by atoms with E-state index in [1.54, 1.807) is 0 Å². The van der Waals surface area contributed by atoms with Gasteiger partial charge in [0.25, 0.3) is 0 Å². The molecule has 0 radical (unpaired) electrons. The summed E-state index contributed by atoms with van der Waals surface area (Å²) in [6.45, 7) is 0. The van der Waals surface area contributed by atoms with Crippen molar-refractivity contribution in [3.8, 4) is 0 Å². The van der Waals surface area contributed by atoms with Crippen molar-refractivity contribution in [3.63, 3.8) is 0 Å². The van der Waals surface area contributed by atoms with Crippen molar-refractivity contribution in [3.05, 3.63) is 24.0 Å². The fourth-order valence-corrected chi connectivity index (χ4v) is 2.47. The lowest BCUT2D eigenvalue weighted by Crippen LogP contribution is -2.20. The molecule has 0 aliphatic rings. The molecule has 1 rings (SSSR count). The van der Waals surface area contributed by atoms with Crippen LogP contribution < -0.4 is 4.72 Å². The zero-order valence-corrected chi connectivity index (χ0v) is 10.8. The molecule has 1 aromatic heterocycles. The van der Waals surface area contributed by atoms with Crippen LogP contribution in [0.5, 0.6) is 0 Å². The second kappa shape index (κ2) is 6.07. The maximum Gasteiger partial charge on any atom is 0.389 e. The summed E-state index contributed by atoms with van der Waals surface area (Å²) in [4.78, 5) is 14.3. The van der Waals surface area contributed by atoms with Gasteiger partial charge in [0.05, 0.1) is 11.4 Å². The largest absolute Gasteiger partial charge is 0.476 e. The van der Waals surface area contributed by atoms with E-state index in [0.29, 0.717) is 0 Å². The number of aromatic carboxylic acids is 1. The number of sulfonamides is 1. The Bertz CT molecular complexity index is 586. The highest BCUT2D eigenvalue weighted by atomic mass is 32.2. The van der Waals surface area contributed by atoms with Crippen LogP contribution in [0.4, 0.5) is 18.9 Å². The second-order valence-corrected chi connectivity index (χ2v) is 5.69. The molecule has 0 spiro atoms. The zero-order chi connectivity index (χ0) is 15.4. The van der Waals surface area contributed by atoms with E-state index in [0.717, 1.165) is 12.3 Å². The van der Waals surface area contributed by atoms with Gasteiger partial charge in [0, 0.05) is 12.6 Å². The van der Waals surface area contributed by atoms with Crippen LogP contribution in [0.2, 0.25) is 0 Å². The molecule has 0 aliphatic heterocycles. The maximum atomic E-state index is 11.9. The number of aromatic nitrogens is 1. The van der Waals surface area contributed by atoms with Crippen LogP contribution in [0, 0.1) is 0 Å². The number of hydrogen-bond donors (Lipinski definition) is 2. The van der Waals surface area contributed by atoms with Crippen molar-refractivity contribution in [1.82, 2.24) is 4.98 Å². The number of alkyl halides is 3. The summed E-state index contributed by atoms with van der Waals surface area (Å²) in [7, 11) is -4.07. The number of nitrogens with one attached hydrogen (secondary N) is 1. The minimum Gasteiger partial charge on any atom is -0.476 e. The lowest BCUT2D eigenvalue weighted by Gasteiger charge is -2.10. The lowest BCUT2D eigenvalue weighted by molar-refractivity contribution is -0.134. The van der Waals surface area contributed by atoms with Crippen LogP contribution in [-0.2, 0) is 10.0 Å². The van der Waals surface area contributed by atoms with E-state index in [-0.39, 0.29) is 5.69 Å². The van der Waals surface area contributed by atoms with Gasteiger partial charge >= 0.3 is 12.1 Å². The number of anilines is 1. The molecule has 0 bridgehead atoms. The number of pyridine rings is 1. The predicted octanol–water partition coefficient (Wildman–Crippen LogP) is 1.86. The van der Waals surface area contributed by atoms with Crippen molar-refractivity contribution < 1.29 is 31.5 Å². The summed E-state index contributed by atoms with van der Waals surface area (Å²) < 4.78 is 60.8.